The van der Waals surface area contributed by atoms with Crippen molar-refractivity contribution in [1.82, 2.24) is 45.7 Å². The molecule has 15 heteroatoms. The van der Waals surface area contributed by atoms with E-state index in [4.69, 9.17) is 19.4 Å². The van der Waals surface area contributed by atoms with Crippen molar-refractivity contribution in [3.05, 3.63) is 71.6 Å². The quantitative estimate of drug-likeness (QED) is 0.0983. The van der Waals surface area contributed by atoms with E-state index in [9.17, 15) is 19.2 Å². The second-order valence-electron chi connectivity index (χ2n) is 21.2. The van der Waals surface area contributed by atoms with Gasteiger partial charge >= 0.3 is 12.2 Å². The van der Waals surface area contributed by atoms with Crippen LogP contribution in [-0.2, 0) is 19.1 Å². The molecule has 2 bridgehead atoms. The molecule has 4 aromatic rings. The van der Waals surface area contributed by atoms with Gasteiger partial charge in [-0.25, -0.2) is 19.6 Å². The fraction of sp³-hybridized carbons (Fsp3) is 0.560. The maximum Gasteiger partial charge on any atom is 0.407 e. The largest absolute Gasteiger partial charge is 0.453 e. The number of amides is 4. The summed E-state index contributed by atoms with van der Waals surface area (Å²) >= 11 is 0. The molecule has 8 rings (SSSR count). The first-order valence-corrected chi connectivity index (χ1v) is 23.2. The summed E-state index contributed by atoms with van der Waals surface area (Å²) in [5.74, 6) is 1.46. The maximum absolute atomic E-state index is 14.1. The van der Waals surface area contributed by atoms with Gasteiger partial charge in [-0.2, -0.15) is 0 Å². The Morgan fingerprint density at radius 2 is 1.09 bits per heavy atom. The standard InChI is InChI=1S/C50H67N9O6/c1-26(2)41(56-47(62)64-10)45(60)58-24-49(6,7)20-37(58)43-51-22-35(54-43)30-14-12-29(13-15-30)31-16-17-32(40-34-19-28(5)18-33(53-34)39(31)40)36-23-52-44(55-36)38-21-50(8,9)25-59(38)46(61)42(27(3)4)57-48(63)65-11/h12-17,22-23,26-28,33-34,37-38,41-42,53H,18-21,24-25H2,1-11H3,(H,51,54)(H,52,55)(H,56,62)(H,57,63)/t28?,33?,34?,37-,38-,41-,42-/m0/s1. The lowest BCUT2D eigenvalue weighted by Gasteiger charge is -2.30. The number of likely N-dealkylation sites (tertiary alicyclic amines) is 2. The van der Waals surface area contributed by atoms with Gasteiger partial charge in [0.25, 0.3) is 0 Å². The third kappa shape index (κ3) is 9.00. The zero-order valence-electron chi connectivity index (χ0n) is 39.8. The van der Waals surface area contributed by atoms with Crippen LogP contribution in [0.25, 0.3) is 33.6 Å². The molecule has 0 spiro atoms. The van der Waals surface area contributed by atoms with Crippen LogP contribution in [0.15, 0.2) is 48.8 Å². The summed E-state index contributed by atoms with van der Waals surface area (Å²) in [6.45, 7) is 19.7. The Hall–Kier alpha value is -5.70. The second-order valence-corrected chi connectivity index (χ2v) is 21.2. The molecule has 6 heterocycles. The van der Waals surface area contributed by atoms with Crippen molar-refractivity contribution in [1.29, 1.82) is 0 Å². The fourth-order valence-corrected chi connectivity index (χ4v) is 10.9. The Bertz CT molecular complexity index is 2440. The smallest absolute Gasteiger partial charge is 0.407 e. The monoisotopic (exact) mass is 890 g/mol. The van der Waals surface area contributed by atoms with Crippen molar-refractivity contribution >= 4 is 24.0 Å². The van der Waals surface area contributed by atoms with E-state index in [1.165, 1.54) is 30.9 Å². The maximum atomic E-state index is 14.1. The molecule has 15 nitrogen and oxygen atoms in total. The number of alkyl carbamates (subject to hydrolysis) is 2. The highest BCUT2D eigenvalue weighted by Gasteiger charge is 2.47. The molecule has 2 aromatic heterocycles. The number of methoxy groups -OCH3 is 2. The van der Waals surface area contributed by atoms with Crippen molar-refractivity contribution in [3.8, 4) is 33.6 Å². The lowest BCUT2D eigenvalue weighted by atomic mass is 9.88. The minimum Gasteiger partial charge on any atom is -0.453 e. The second kappa shape index (κ2) is 17.6. The topological polar surface area (TPSA) is 187 Å². The number of aromatic amines is 2. The Kier molecular flexibility index (Phi) is 12.4. The van der Waals surface area contributed by atoms with Crippen LogP contribution in [0.4, 0.5) is 9.59 Å². The van der Waals surface area contributed by atoms with Crippen molar-refractivity contribution < 1.29 is 28.7 Å². The Morgan fingerprint density at radius 3 is 1.57 bits per heavy atom. The Morgan fingerprint density at radius 1 is 0.662 bits per heavy atom. The molecule has 0 radical (unpaired) electrons. The van der Waals surface area contributed by atoms with Crippen molar-refractivity contribution in [3.63, 3.8) is 0 Å². The number of nitrogens with one attached hydrogen (secondary N) is 5. The van der Waals surface area contributed by atoms with Gasteiger partial charge in [0.15, 0.2) is 0 Å². The predicted molar refractivity (Wildman–Crippen MR) is 248 cm³/mol. The molecule has 65 heavy (non-hydrogen) atoms. The van der Waals surface area contributed by atoms with Crippen LogP contribution in [-0.4, -0.2) is 93.1 Å². The van der Waals surface area contributed by atoms with E-state index >= 15 is 0 Å². The first-order chi connectivity index (χ1) is 30.8. The van der Waals surface area contributed by atoms with Crippen LogP contribution < -0.4 is 16.0 Å². The average Bonchev–Trinajstić information content (AvgIpc) is 4.11. The molecule has 348 valence electrons. The Labute approximate surface area is 382 Å². The minimum absolute atomic E-state index is 0.131. The number of piperidine rings is 1. The minimum atomic E-state index is -0.725. The number of benzene rings is 2. The zero-order chi connectivity index (χ0) is 46.7. The molecule has 3 saturated heterocycles. The number of aromatic nitrogens is 4. The van der Waals surface area contributed by atoms with Crippen LogP contribution in [0.1, 0.15) is 135 Å². The van der Waals surface area contributed by atoms with Gasteiger partial charge in [-0.15, -0.1) is 0 Å². The fourth-order valence-electron chi connectivity index (χ4n) is 10.9. The molecule has 0 aliphatic carbocycles. The molecular formula is C50H67N9O6. The van der Waals surface area contributed by atoms with E-state index in [0.717, 1.165) is 65.4 Å². The summed E-state index contributed by atoms with van der Waals surface area (Å²) in [6.07, 6.45) is 6.04. The number of ether oxygens (including phenoxy) is 2. The molecule has 2 aromatic carbocycles. The zero-order valence-corrected chi connectivity index (χ0v) is 39.8. The number of carbonyl (C=O) groups excluding carboxylic acids is 4. The number of carbonyl (C=O) groups is 4. The van der Waals surface area contributed by atoms with E-state index in [1.54, 1.807) is 0 Å². The van der Waals surface area contributed by atoms with Gasteiger partial charge in [-0.1, -0.05) is 98.7 Å². The van der Waals surface area contributed by atoms with Crippen LogP contribution >= 0.6 is 0 Å². The summed E-state index contributed by atoms with van der Waals surface area (Å²) in [4.78, 5) is 73.3. The SMILES string of the molecule is COC(=O)N[C@H](C(=O)N1CC(C)(C)C[C@H]1c1ncc(-c2ccc(-c3ccc(-c4cnc([C@@H]5CC(C)(C)CN5C(=O)[C@@H](NC(=O)OC)C(C)C)[nH]4)c4c3C3CC(C)CC4N3)cc2)[nH]1)C(C)C. The number of hydrogen-bond donors (Lipinski definition) is 5. The lowest BCUT2D eigenvalue weighted by Crippen LogP contribution is -2.51. The highest BCUT2D eigenvalue weighted by molar-refractivity contribution is 5.87. The van der Waals surface area contributed by atoms with Crippen LogP contribution in [0.3, 0.4) is 0 Å². The van der Waals surface area contributed by atoms with Crippen molar-refractivity contribution in [2.75, 3.05) is 27.3 Å². The van der Waals surface area contributed by atoms with E-state index in [0.29, 0.717) is 19.0 Å². The third-order valence-electron chi connectivity index (χ3n) is 14.1. The van der Waals surface area contributed by atoms with Crippen molar-refractivity contribution in [2.24, 2.45) is 28.6 Å². The van der Waals surface area contributed by atoms with Gasteiger partial charge in [-0.05, 0) is 82.1 Å². The van der Waals surface area contributed by atoms with Crippen LogP contribution in [0, 0.1) is 28.6 Å². The van der Waals surface area contributed by atoms with Gasteiger partial charge in [0.2, 0.25) is 11.8 Å². The highest BCUT2D eigenvalue weighted by Crippen LogP contribution is 2.52. The first-order valence-electron chi connectivity index (χ1n) is 23.2. The molecule has 3 fully saturated rings. The first kappa shape index (κ1) is 45.9. The average molecular weight is 890 g/mol. The van der Waals surface area contributed by atoms with Gasteiger partial charge in [0.1, 0.15) is 23.7 Å². The molecule has 3 unspecified atom stereocenters. The van der Waals surface area contributed by atoms with E-state index < -0.39 is 24.3 Å². The molecule has 4 amide bonds. The van der Waals surface area contributed by atoms with E-state index in [-0.39, 0.29) is 58.6 Å². The van der Waals surface area contributed by atoms with E-state index in [1.807, 2.05) is 49.9 Å². The molecule has 4 aliphatic heterocycles. The summed E-state index contributed by atoms with van der Waals surface area (Å²) in [5, 5.41) is 9.47. The molecule has 0 saturated carbocycles. The number of fused-ring (bicyclic) bond motifs is 5. The third-order valence-corrected chi connectivity index (χ3v) is 14.1. The summed E-state index contributed by atoms with van der Waals surface area (Å²) in [5.41, 5.74) is 8.56. The van der Waals surface area contributed by atoms with Gasteiger partial charge in [-0.3, -0.25) is 9.59 Å². The van der Waals surface area contributed by atoms with Gasteiger partial charge in [0.05, 0.1) is 50.1 Å². The molecular weight excluding hydrogens is 823 g/mol. The molecule has 4 aliphatic rings. The van der Waals surface area contributed by atoms with Gasteiger partial charge in [0, 0.05) is 30.7 Å². The normalized spacial score (nSPS) is 23.9. The van der Waals surface area contributed by atoms with E-state index in [2.05, 4.69) is 96.9 Å². The summed E-state index contributed by atoms with van der Waals surface area (Å²) < 4.78 is 9.70. The number of nitrogens with zero attached hydrogens (tertiary/aromatic N) is 4. The van der Waals surface area contributed by atoms with Crippen molar-refractivity contribution in [2.45, 2.75) is 124 Å². The Balaban J connectivity index is 1.07. The summed E-state index contributed by atoms with van der Waals surface area (Å²) in [6, 6.07) is 11.5. The predicted octanol–water partition coefficient (Wildman–Crippen LogP) is 8.61. The van der Waals surface area contributed by atoms with Gasteiger partial charge < -0.3 is 45.2 Å². The number of H-pyrrole nitrogens is 2. The lowest BCUT2D eigenvalue weighted by molar-refractivity contribution is -0.136. The van der Waals surface area contributed by atoms with Crippen LogP contribution in [0.2, 0.25) is 0 Å². The number of hydrogen-bond acceptors (Lipinski definition) is 9. The number of imidazole rings is 2. The molecule has 5 N–H and O–H groups in total. The molecule has 7 atom stereocenters. The highest BCUT2D eigenvalue weighted by atomic mass is 16.5. The summed E-state index contributed by atoms with van der Waals surface area (Å²) in [7, 11) is 2.61. The van der Waals surface area contributed by atoms with Crippen LogP contribution in [0.5, 0.6) is 0 Å². The number of rotatable bonds is 11.